The van der Waals surface area contributed by atoms with E-state index in [9.17, 15) is 0 Å². The first kappa shape index (κ1) is 16.0. The van der Waals surface area contributed by atoms with Crippen molar-refractivity contribution in [2.75, 3.05) is 43.9 Å². The Balaban J connectivity index is 1.89. The summed E-state index contributed by atoms with van der Waals surface area (Å²) in [5.74, 6) is 3.54. The first-order valence-corrected chi connectivity index (χ1v) is 8.27. The lowest BCUT2D eigenvalue weighted by molar-refractivity contribution is 0.198. The number of nitrogens with one attached hydrogen (secondary N) is 2. The molecule has 1 aromatic heterocycles. The molecule has 0 bridgehead atoms. The van der Waals surface area contributed by atoms with Gasteiger partial charge < -0.3 is 15.5 Å². The van der Waals surface area contributed by atoms with Crippen molar-refractivity contribution in [3.05, 3.63) is 11.9 Å². The zero-order chi connectivity index (χ0) is 15.1. The van der Waals surface area contributed by atoms with Crippen LogP contribution in [0, 0.1) is 5.92 Å². The van der Waals surface area contributed by atoms with Crippen LogP contribution in [0.2, 0.25) is 0 Å². The van der Waals surface area contributed by atoms with Gasteiger partial charge >= 0.3 is 0 Å². The van der Waals surface area contributed by atoms with E-state index in [2.05, 4.69) is 39.3 Å². The summed E-state index contributed by atoms with van der Waals surface area (Å²) in [6.45, 7) is 9.06. The first-order chi connectivity index (χ1) is 10.2. The van der Waals surface area contributed by atoms with E-state index in [1.165, 1.54) is 32.5 Å². The van der Waals surface area contributed by atoms with E-state index in [0.29, 0.717) is 0 Å². The Hall–Kier alpha value is -1.36. The molecule has 1 aromatic rings. The molecule has 1 fully saturated rings. The maximum atomic E-state index is 4.61. The predicted octanol–water partition coefficient (Wildman–Crippen LogP) is 2.61. The van der Waals surface area contributed by atoms with E-state index in [1.807, 2.05) is 13.1 Å². The maximum absolute atomic E-state index is 4.61. The summed E-state index contributed by atoms with van der Waals surface area (Å²) in [7, 11) is 1.91. The largest absolute Gasteiger partial charge is 0.373 e. The molecule has 0 radical (unpaired) electrons. The number of piperidine rings is 1. The third-order valence-electron chi connectivity index (χ3n) is 4.23. The zero-order valence-electron chi connectivity index (χ0n) is 13.7. The third-order valence-corrected chi connectivity index (χ3v) is 4.23. The van der Waals surface area contributed by atoms with Gasteiger partial charge in [-0.15, -0.1) is 0 Å². The lowest BCUT2D eigenvalue weighted by atomic mass is 9.97. The van der Waals surface area contributed by atoms with Crippen LogP contribution in [0.25, 0.3) is 0 Å². The molecule has 0 saturated carbocycles. The molecule has 2 N–H and O–H groups in total. The van der Waals surface area contributed by atoms with E-state index in [0.717, 1.165) is 42.8 Å². The van der Waals surface area contributed by atoms with E-state index < -0.39 is 0 Å². The molecule has 2 heterocycles. The highest BCUT2D eigenvalue weighted by Gasteiger charge is 2.18. The smallest absolute Gasteiger partial charge is 0.133 e. The van der Waals surface area contributed by atoms with Crippen LogP contribution in [0.15, 0.2) is 6.07 Å². The summed E-state index contributed by atoms with van der Waals surface area (Å²) in [5, 5.41) is 6.63. The van der Waals surface area contributed by atoms with Gasteiger partial charge in [0, 0.05) is 26.1 Å². The maximum Gasteiger partial charge on any atom is 0.133 e. The molecule has 1 saturated heterocycles. The normalized spacial score (nSPS) is 16.9. The quantitative estimate of drug-likeness (QED) is 0.809. The average Bonchev–Trinajstić information content (AvgIpc) is 2.53. The third kappa shape index (κ3) is 4.84. The lowest BCUT2D eigenvalue weighted by Gasteiger charge is -2.31. The molecule has 5 nitrogen and oxygen atoms in total. The Labute approximate surface area is 128 Å². The fraction of sp³-hybridized carbons (Fsp3) is 0.750. The van der Waals surface area contributed by atoms with Crippen LogP contribution in [-0.4, -0.2) is 48.1 Å². The van der Waals surface area contributed by atoms with Crippen molar-refractivity contribution in [2.45, 2.75) is 39.5 Å². The molecule has 118 valence electrons. The number of likely N-dealkylation sites (tertiary alicyclic amines) is 1. The summed E-state index contributed by atoms with van der Waals surface area (Å²) in [5.41, 5.74) is 0. The average molecular weight is 291 g/mol. The monoisotopic (exact) mass is 291 g/mol. The second-order valence-corrected chi connectivity index (χ2v) is 5.81. The molecule has 0 amide bonds. The summed E-state index contributed by atoms with van der Waals surface area (Å²) in [6.07, 6.45) is 4.57. The molecular formula is C16H29N5. The van der Waals surface area contributed by atoms with Gasteiger partial charge in [-0.3, -0.25) is 0 Å². The van der Waals surface area contributed by atoms with Crippen LogP contribution in [-0.2, 0) is 6.42 Å². The lowest BCUT2D eigenvalue weighted by Crippen LogP contribution is -2.35. The second kappa shape index (κ2) is 8.17. The van der Waals surface area contributed by atoms with Crippen molar-refractivity contribution < 1.29 is 0 Å². The molecule has 5 heteroatoms. The Morgan fingerprint density at radius 3 is 2.52 bits per heavy atom. The molecule has 0 atom stereocenters. The fourth-order valence-electron chi connectivity index (χ4n) is 2.81. The van der Waals surface area contributed by atoms with Crippen molar-refractivity contribution >= 4 is 11.6 Å². The molecule has 2 rings (SSSR count). The molecule has 21 heavy (non-hydrogen) atoms. The highest BCUT2D eigenvalue weighted by Crippen LogP contribution is 2.18. The van der Waals surface area contributed by atoms with Crippen LogP contribution in [0.4, 0.5) is 11.6 Å². The van der Waals surface area contributed by atoms with Gasteiger partial charge in [-0.25, -0.2) is 9.97 Å². The second-order valence-electron chi connectivity index (χ2n) is 5.81. The summed E-state index contributed by atoms with van der Waals surface area (Å²) in [4.78, 5) is 11.6. The number of nitrogens with zero attached hydrogens (tertiary/aromatic N) is 3. The predicted molar refractivity (Wildman–Crippen MR) is 88.9 cm³/mol. The summed E-state index contributed by atoms with van der Waals surface area (Å²) >= 11 is 0. The molecule has 0 unspecified atom stereocenters. The Kier molecular flexibility index (Phi) is 6.23. The minimum Gasteiger partial charge on any atom is -0.373 e. The highest BCUT2D eigenvalue weighted by atomic mass is 15.1. The van der Waals surface area contributed by atoms with Gasteiger partial charge in [0.2, 0.25) is 0 Å². The standard InChI is InChI=1S/C16H29N5/c1-4-6-14-19-15(17-3)11-16(20-14)18-12-13-7-9-21(5-2)10-8-13/h11,13H,4-10,12H2,1-3H3,(H2,17,18,19,20). The SMILES string of the molecule is CCCc1nc(NC)cc(NCC2CCN(CC)CC2)n1. The van der Waals surface area contributed by atoms with Gasteiger partial charge in [0.25, 0.3) is 0 Å². The van der Waals surface area contributed by atoms with Crippen molar-refractivity contribution in [2.24, 2.45) is 5.92 Å². The van der Waals surface area contributed by atoms with Crippen molar-refractivity contribution in [1.29, 1.82) is 0 Å². The van der Waals surface area contributed by atoms with Gasteiger partial charge in [-0.2, -0.15) is 0 Å². The highest BCUT2D eigenvalue weighted by molar-refractivity contribution is 5.47. The number of hydrogen-bond donors (Lipinski definition) is 2. The number of rotatable bonds is 7. The van der Waals surface area contributed by atoms with Crippen LogP contribution >= 0.6 is 0 Å². The number of aromatic nitrogens is 2. The summed E-state index contributed by atoms with van der Waals surface area (Å²) < 4.78 is 0. The van der Waals surface area contributed by atoms with E-state index in [-0.39, 0.29) is 0 Å². The number of hydrogen-bond acceptors (Lipinski definition) is 5. The van der Waals surface area contributed by atoms with Crippen LogP contribution in [0.5, 0.6) is 0 Å². The van der Waals surface area contributed by atoms with Gasteiger partial charge in [0.15, 0.2) is 0 Å². The van der Waals surface area contributed by atoms with Gasteiger partial charge in [-0.05, 0) is 44.8 Å². The van der Waals surface area contributed by atoms with Crippen molar-refractivity contribution in [3.63, 3.8) is 0 Å². The van der Waals surface area contributed by atoms with Gasteiger partial charge in [0.1, 0.15) is 17.5 Å². The topological polar surface area (TPSA) is 53.1 Å². The molecular weight excluding hydrogens is 262 g/mol. The molecule has 0 aliphatic carbocycles. The van der Waals surface area contributed by atoms with Crippen LogP contribution in [0.1, 0.15) is 38.9 Å². The zero-order valence-corrected chi connectivity index (χ0v) is 13.7. The Morgan fingerprint density at radius 1 is 1.19 bits per heavy atom. The van der Waals surface area contributed by atoms with E-state index in [4.69, 9.17) is 0 Å². The van der Waals surface area contributed by atoms with E-state index >= 15 is 0 Å². The minimum absolute atomic E-state index is 0.760. The van der Waals surface area contributed by atoms with Gasteiger partial charge in [0.05, 0.1) is 0 Å². The number of aryl methyl sites for hydroxylation is 1. The number of anilines is 2. The van der Waals surface area contributed by atoms with Crippen molar-refractivity contribution in [3.8, 4) is 0 Å². The molecule has 1 aliphatic rings. The minimum atomic E-state index is 0.760. The Morgan fingerprint density at radius 2 is 1.90 bits per heavy atom. The van der Waals surface area contributed by atoms with E-state index in [1.54, 1.807) is 0 Å². The van der Waals surface area contributed by atoms with Gasteiger partial charge in [-0.1, -0.05) is 13.8 Å². The van der Waals surface area contributed by atoms with Crippen molar-refractivity contribution in [1.82, 2.24) is 14.9 Å². The molecule has 0 spiro atoms. The fourth-order valence-corrected chi connectivity index (χ4v) is 2.81. The first-order valence-electron chi connectivity index (χ1n) is 8.27. The molecule has 0 aromatic carbocycles. The van der Waals surface area contributed by atoms with Crippen LogP contribution in [0.3, 0.4) is 0 Å². The van der Waals surface area contributed by atoms with Crippen LogP contribution < -0.4 is 10.6 Å². The summed E-state index contributed by atoms with van der Waals surface area (Å²) in [6, 6.07) is 2.00. The Bertz CT molecular complexity index is 427. The molecule has 1 aliphatic heterocycles.